The first kappa shape index (κ1) is 20.6. The number of hydrogen-bond donors (Lipinski definition) is 1. The SMILES string of the molecule is CCN(CC)c1ncnc(Cl)n1.Nc1cnn(-c2ccccc2)c(=O)c1Cl. The molecule has 2 N–H and O–H groups in total. The lowest BCUT2D eigenvalue weighted by atomic mass is 10.3. The standard InChI is InChI=1S/C10H8ClN3O.C7H11ClN4/c11-9-8(12)6-13-14(10(9)15)7-4-2-1-3-5-7;1-3-12(4-2)7-10-5-9-6(8)11-7/h1-6H,12H2;5H,3-4H2,1-2H3. The summed E-state index contributed by atoms with van der Waals surface area (Å²) in [6, 6.07) is 9.01. The fraction of sp³-hybridized carbons (Fsp3) is 0.235. The molecule has 2 aromatic heterocycles. The fourth-order valence-electron chi connectivity index (χ4n) is 2.13. The molecule has 2 heterocycles. The van der Waals surface area contributed by atoms with Crippen LogP contribution >= 0.6 is 23.2 Å². The van der Waals surface area contributed by atoms with E-state index >= 15 is 0 Å². The van der Waals surface area contributed by atoms with Crippen molar-refractivity contribution >= 4 is 34.8 Å². The van der Waals surface area contributed by atoms with E-state index < -0.39 is 5.56 Å². The van der Waals surface area contributed by atoms with Crippen molar-refractivity contribution < 1.29 is 0 Å². The van der Waals surface area contributed by atoms with Gasteiger partial charge in [0.05, 0.1) is 17.6 Å². The summed E-state index contributed by atoms with van der Waals surface area (Å²) in [6.07, 6.45) is 2.78. The Kier molecular flexibility index (Phi) is 7.51. The zero-order valence-electron chi connectivity index (χ0n) is 14.9. The van der Waals surface area contributed by atoms with Crippen LogP contribution < -0.4 is 16.2 Å². The highest BCUT2D eigenvalue weighted by Crippen LogP contribution is 2.12. The number of aromatic nitrogens is 5. The van der Waals surface area contributed by atoms with Crippen LogP contribution in [0.2, 0.25) is 10.3 Å². The number of nitrogens with zero attached hydrogens (tertiary/aromatic N) is 6. The van der Waals surface area contributed by atoms with E-state index in [-0.39, 0.29) is 16.0 Å². The molecule has 27 heavy (non-hydrogen) atoms. The quantitative estimate of drug-likeness (QED) is 0.708. The fourth-order valence-corrected chi connectivity index (χ4v) is 2.37. The number of rotatable bonds is 4. The summed E-state index contributed by atoms with van der Waals surface area (Å²) in [7, 11) is 0. The van der Waals surface area contributed by atoms with Crippen molar-refractivity contribution in [2.24, 2.45) is 0 Å². The minimum atomic E-state index is -0.414. The lowest BCUT2D eigenvalue weighted by Crippen LogP contribution is -2.24. The normalized spacial score (nSPS) is 10.1. The van der Waals surface area contributed by atoms with Gasteiger partial charge >= 0.3 is 0 Å². The minimum absolute atomic E-state index is 0.00569. The Hall–Kier alpha value is -2.71. The number of nitrogens with two attached hydrogens (primary N) is 1. The van der Waals surface area contributed by atoms with Crippen molar-refractivity contribution in [3.63, 3.8) is 0 Å². The Morgan fingerprint density at radius 3 is 2.37 bits per heavy atom. The molecule has 1 aromatic carbocycles. The third-order valence-corrected chi connectivity index (χ3v) is 4.08. The molecule has 3 rings (SSSR count). The van der Waals surface area contributed by atoms with Crippen LogP contribution in [0.3, 0.4) is 0 Å². The first-order chi connectivity index (χ1) is 13.0. The topological polar surface area (TPSA) is 103 Å². The molecule has 0 amide bonds. The van der Waals surface area contributed by atoms with Crippen LogP contribution in [0.1, 0.15) is 13.8 Å². The van der Waals surface area contributed by atoms with Gasteiger partial charge in [0.15, 0.2) is 0 Å². The van der Waals surface area contributed by atoms with Crippen molar-refractivity contribution in [2.45, 2.75) is 13.8 Å². The number of hydrogen-bond acceptors (Lipinski definition) is 7. The molecule has 0 saturated carbocycles. The summed E-state index contributed by atoms with van der Waals surface area (Å²) >= 11 is 11.3. The van der Waals surface area contributed by atoms with E-state index in [9.17, 15) is 4.79 Å². The number of para-hydroxylation sites is 1. The van der Waals surface area contributed by atoms with Crippen LogP contribution in [0.15, 0.2) is 47.7 Å². The molecule has 0 spiro atoms. The summed E-state index contributed by atoms with van der Waals surface area (Å²) in [4.78, 5) is 25.4. The van der Waals surface area contributed by atoms with Crippen molar-refractivity contribution in [3.05, 3.63) is 63.5 Å². The average Bonchev–Trinajstić information content (AvgIpc) is 2.69. The van der Waals surface area contributed by atoms with Crippen molar-refractivity contribution in [1.82, 2.24) is 24.7 Å². The van der Waals surface area contributed by atoms with E-state index in [4.69, 9.17) is 28.9 Å². The zero-order valence-corrected chi connectivity index (χ0v) is 16.4. The van der Waals surface area contributed by atoms with Gasteiger partial charge < -0.3 is 10.6 Å². The first-order valence-electron chi connectivity index (χ1n) is 8.16. The van der Waals surface area contributed by atoms with Crippen LogP contribution in [0, 0.1) is 0 Å². The van der Waals surface area contributed by atoms with Crippen molar-refractivity contribution in [2.75, 3.05) is 23.7 Å². The Bertz CT molecular complexity index is 930. The van der Waals surface area contributed by atoms with E-state index in [0.29, 0.717) is 11.6 Å². The van der Waals surface area contributed by atoms with E-state index in [1.165, 1.54) is 17.2 Å². The molecule has 0 bridgehead atoms. The third kappa shape index (κ3) is 5.38. The smallest absolute Gasteiger partial charge is 0.292 e. The van der Waals surface area contributed by atoms with Crippen LogP contribution in [0.5, 0.6) is 0 Å². The molecule has 0 aliphatic rings. The largest absolute Gasteiger partial charge is 0.396 e. The molecule has 0 saturated heterocycles. The molecule has 0 aliphatic carbocycles. The first-order valence-corrected chi connectivity index (χ1v) is 8.91. The van der Waals surface area contributed by atoms with Gasteiger partial charge in [-0.1, -0.05) is 29.8 Å². The highest BCUT2D eigenvalue weighted by molar-refractivity contribution is 6.32. The van der Waals surface area contributed by atoms with Gasteiger partial charge in [0.25, 0.3) is 5.56 Å². The van der Waals surface area contributed by atoms with Gasteiger partial charge in [-0.15, -0.1) is 0 Å². The maximum atomic E-state index is 11.7. The Morgan fingerprint density at radius 1 is 1.11 bits per heavy atom. The maximum absolute atomic E-state index is 11.7. The molecule has 8 nitrogen and oxygen atoms in total. The molecule has 0 aliphatic heterocycles. The predicted molar refractivity (Wildman–Crippen MR) is 108 cm³/mol. The summed E-state index contributed by atoms with van der Waals surface area (Å²) in [5.74, 6) is 0.639. The van der Waals surface area contributed by atoms with Crippen molar-refractivity contribution in [3.8, 4) is 5.69 Å². The second-order valence-electron chi connectivity index (χ2n) is 5.19. The van der Waals surface area contributed by atoms with E-state index in [1.54, 1.807) is 12.1 Å². The summed E-state index contributed by atoms with van der Waals surface area (Å²) in [6.45, 7) is 5.83. The van der Waals surface area contributed by atoms with Gasteiger partial charge in [-0.05, 0) is 37.6 Å². The highest BCUT2D eigenvalue weighted by Gasteiger charge is 2.07. The number of anilines is 2. The number of halogens is 2. The lowest BCUT2D eigenvalue weighted by Gasteiger charge is -2.17. The second kappa shape index (κ2) is 9.84. The molecule has 142 valence electrons. The van der Waals surface area contributed by atoms with Gasteiger partial charge in [-0.3, -0.25) is 4.79 Å². The van der Waals surface area contributed by atoms with Gasteiger partial charge in [0.1, 0.15) is 11.3 Å². The third-order valence-electron chi connectivity index (χ3n) is 3.52. The Balaban J connectivity index is 0.000000199. The Labute approximate surface area is 166 Å². The second-order valence-corrected chi connectivity index (χ2v) is 5.91. The van der Waals surface area contributed by atoms with Gasteiger partial charge in [0, 0.05) is 13.1 Å². The van der Waals surface area contributed by atoms with Gasteiger partial charge in [0.2, 0.25) is 11.2 Å². The van der Waals surface area contributed by atoms with Crippen molar-refractivity contribution in [1.29, 1.82) is 0 Å². The summed E-state index contributed by atoms with van der Waals surface area (Å²) < 4.78 is 1.21. The molecular weight excluding hydrogens is 389 g/mol. The van der Waals surface area contributed by atoms with E-state index in [1.807, 2.05) is 36.9 Å². The zero-order chi connectivity index (χ0) is 19.8. The number of benzene rings is 1. The van der Waals surface area contributed by atoms with E-state index in [2.05, 4.69) is 20.1 Å². The molecule has 0 atom stereocenters. The van der Waals surface area contributed by atoms with Crippen LogP contribution in [0.4, 0.5) is 11.6 Å². The molecule has 0 unspecified atom stereocenters. The predicted octanol–water partition coefficient (Wildman–Crippen LogP) is 2.84. The Morgan fingerprint density at radius 2 is 1.78 bits per heavy atom. The summed E-state index contributed by atoms with van der Waals surface area (Å²) in [5.41, 5.74) is 5.89. The molecule has 10 heteroatoms. The van der Waals surface area contributed by atoms with Gasteiger partial charge in [-0.2, -0.15) is 14.8 Å². The molecule has 0 radical (unpaired) electrons. The van der Waals surface area contributed by atoms with E-state index in [0.717, 1.165) is 13.1 Å². The average molecular weight is 408 g/mol. The lowest BCUT2D eigenvalue weighted by molar-refractivity contribution is 0.809. The maximum Gasteiger partial charge on any atom is 0.292 e. The highest BCUT2D eigenvalue weighted by atomic mass is 35.5. The van der Waals surface area contributed by atoms with Crippen LogP contribution in [-0.4, -0.2) is 37.8 Å². The van der Waals surface area contributed by atoms with Gasteiger partial charge in [-0.25, -0.2) is 9.97 Å². The monoisotopic (exact) mass is 407 g/mol. The molecule has 3 aromatic rings. The number of nitrogen functional groups attached to an aromatic ring is 1. The molecule has 0 fully saturated rings. The summed E-state index contributed by atoms with van der Waals surface area (Å²) in [5, 5.41) is 4.14. The van der Waals surface area contributed by atoms with Crippen LogP contribution in [-0.2, 0) is 0 Å². The minimum Gasteiger partial charge on any atom is -0.396 e. The van der Waals surface area contributed by atoms with Crippen LogP contribution in [0.25, 0.3) is 5.69 Å². The molecular formula is C17H19Cl2N7O.